The van der Waals surface area contributed by atoms with Crippen molar-refractivity contribution < 1.29 is 30.0 Å². The number of carbonyl (C=O) groups is 2. The zero-order chi connectivity index (χ0) is 58.1. The van der Waals surface area contributed by atoms with E-state index in [1.165, 1.54) is 11.1 Å². The van der Waals surface area contributed by atoms with Crippen LogP contribution >= 0.6 is 46.7 Å². The molecule has 2 unspecified atom stereocenters. The van der Waals surface area contributed by atoms with Crippen LogP contribution in [-0.4, -0.2) is 66.7 Å². The molecule has 0 aliphatic heterocycles. The Kier molecular flexibility index (Phi) is 21.6. The van der Waals surface area contributed by atoms with E-state index < -0.39 is 23.1 Å². The van der Waals surface area contributed by atoms with Gasteiger partial charge in [-0.1, -0.05) is 157 Å². The third kappa shape index (κ3) is 18.3. The van der Waals surface area contributed by atoms with E-state index in [2.05, 4.69) is 72.8 Å². The van der Waals surface area contributed by atoms with Gasteiger partial charge in [-0.3, -0.25) is 0 Å². The minimum Gasteiger partial charge on any atom is -0.550 e. The van der Waals surface area contributed by atoms with E-state index in [0.717, 1.165) is 129 Å². The quantitative estimate of drug-likeness (QED) is 0.0561. The smallest absolute Gasteiger partial charge is 0.550 e. The number of hydrogen-bond acceptors (Lipinski definition) is 10. The van der Waals surface area contributed by atoms with Crippen LogP contribution in [0.2, 0.25) is 10.0 Å². The van der Waals surface area contributed by atoms with Crippen LogP contribution in [0.3, 0.4) is 0 Å². The molecule has 8 nitrogen and oxygen atoms in total. The summed E-state index contributed by atoms with van der Waals surface area (Å²) in [6.45, 7) is 7.29. The molecule has 2 aliphatic carbocycles. The van der Waals surface area contributed by atoms with Gasteiger partial charge in [0.2, 0.25) is 0 Å². The fourth-order valence-electron chi connectivity index (χ4n) is 10.7. The Morgan fingerprint density at radius 2 is 0.928 bits per heavy atom. The average Bonchev–Trinajstić information content (AvgIpc) is 4.48. The summed E-state index contributed by atoms with van der Waals surface area (Å²) in [5.74, 6) is -0.337. The minimum atomic E-state index is -0.963. The molecule has 2 aliphatic rings. The van der Waals surface area contributed by atoms with Crippen LogP contribution in [0, 0.1) is 10.8 Å². The first kappa shape index (κ1) is 63.5. The van der Waals surface area contributed by atoms with Crippen molar-refractivity contribution in [1.29, 1.82) is 0 Å². The topological polar surface area (TPSA) is 146 Å². The van der Waals surface area contributed by atoms with Crippen LogP contribution in [0.1, 0.15) is 145 Å². The summed E-state index contributed by atoms with van der Waals surface area (Å²) in [7, 11) is 0. The second-order valence-electron chi connectivity index (χ2n) is 23.4. The first-order valence-electron chi connectivity index (χ1n) is 28.1. The van der Waals surface area contributed by atoms with Gasteiger partial charge in [-0.05, 0) is 207 Å². The Morgan fingerprint density at radius 3 is 1.30 bits per heavy atom. The molecule has 6 aromatic carbocycles. The van der Waals surface area contributed by atoms with E-state index in [-0.39, 0.29) is 57.2 Å². The Labute approximate surface area is 523 Å². The first-order valence-corrected chi connectivity index (χ1v) is 31.0. The summed E-state index contributed by atoms with van der Waals surface area (Å²) < 4.78 is 0. The monoisotopic (exact) mass is 1190 g/mol. The van der Waals surface area contributed by atoms with Gasteiger partial charge in [-0.2, -0.15) is 23.5 Å². The molecule has 0 saturated heterocycles. The van der Waals surface area contributed by atoms with Gasteiger partial charge in [0.25, 0.3) is 0 Å². The number of aryl methyl sites for hydroxylation is 2. The molecule has 2 fully saturated rings. The van der Waals surface area contributed by atoms with E-state index in [1.807, 2.05) is 160 Å². The minimum absolute atomic E-state index is 0. The standard InChI is InChI=1S/2C35H36ClNO3S.Mg/c2*1-34(2,40)30-9-4-3-7-25(30)13-17-32(41-23-35(18-19-35)22-33(38)39)27-8-5-6-24(20-27)10-15-29-16-12-26-11-14-28(36)21-31(26)37-29;/h2*3-12,14-16,20-21,32,40H,13,17-19,22-23H2,1-2H3,(H,38,39);/q;;+2/p-2. The van der Waals surface area contributed by atoms with Gasteiger partial charge in [0.15, 0.2) is 0 Å². The van der Waals surface area contributed by atoms with E-state index in [1.54, 1.807) is 0 Å². The van der Waals surface area contributed by atoms with Gasteiger partial charge in [-0.15, -0.1) is 0 Å². The molecular weight excluding hydrogens is 1120 g/mol. The number of halogens is 2. The molecule has 0 amide bonds. The normalized spacial score (nSPS) is 15.1. The number of pyridine rings is 2. The van der Waals surface area contributed by atoms with Gasteiger partial charge in [0, 0.05) is 43.3 Å². The zero-order valence-corrected chi connectivity index (χ0v) is 52.2. The maximum absolute atomic E-state index is 11.4. The summed E-state index contributed by atoms with van der Waals surface area (Å²) in [6, 6.07) is 52.8. The fourth-order valence-corrected chi connectivity index (χ4v) is 14.2. The second-order valence-corrected chi connectivity index (χ2v) is 26.6. The van der Waals surface area contributed by atoms with Gasteiger partial charge in [0.1, 0.15) is 0 Å². The van der Waals surface area contributed by atoms with E-state index in [4.69, 9.17) is 33.2 Å². The van der Waals surface area contributed by atoms with Crippen molar-refractivity contribution in [1.82, 2.24) is 9.97 Å². The molecule has 0 radical (unpaired) electrons. The molecule has 2 atom stereocenters. The van der Waals surface area contributed by atoms with Gasteiger partial charge >= 0.3 is 23.1 Å². The molecule has 10 rings (SSSR count). The summed E-state index contributed by atoms with van der Waals surface area (Å²) in [5.41, 5.74) is 10.1. The molecule has 424 valence electrons. The zero-order valence-electron chi connectivity index (χ0n) is 47.7. The van der Waals surface area contributed by atoms with Crippen molar-refractivity contribution in [3.8, 4) is 0 Å². The number of carbonyl (C=O) groups excluding carboxylic acids is 2. The molecule has 2 N–H and O–H groups in total. The predicted molar refractivity (Wildman–Crippen MR) is 343 cm³/mol. The molecule has 8 aromatic rings. The van der Waals surface area contributed by atoms with Crippen LogP contribution in [0.4, 0.5) is 0 Å². The van der Waals surface area contributed by atoms with Crippen LogP contribution in [-0.2, 0) is 33.6 Å². The van der Waals surface area contributed by atoms with Crippen molar-refractivity contribution >= 4 is 128 Å². The molecule has 2 aromatic heterocycles. The molecule has 83 heavy (non-hydrogen) atoms. The van der Waals surface area contributed by atoms with E-state index >= 15 is 0 Å². The van der Waals surface area contributed by atoms with Crippen molar-refractivity contribution in [2.24, 2.45) is 10.8 Å². The third-order valence-corrected chi connectivity index (χ3v) is 19.5. The number of aliphatic hydroxyl groups is 2. The van der Waals surface area contributed by atoms with Gasteiger partial charge < -0.3 is 30.0 Å². The maximum atomic E-state index is 11.4. The van der Waals surface area contributed by atoms with Crippen molar-refractivity contribution in [3.63, 3.8) is 0 Å². The molecule has 0 bridgehead atoms. The molecule has 2 saturated carbocycles. The number of benzene rings is 6. The number of rotatable bonds is 24. The number of aliphatic carboxylic acids is 2. The Balaban J connectivity index is 0.000000214. The van der Waals surface area contributed by atoms with Crippen LogP contribution in [0.25, 0.3) is 46.1 Å². The van der Waals surface area contributed by atoms with Crippen LogP contribution in [0.15, 0.2) is 158 Å². The molecule has 2 heterocycles. The third-order valence-electron chi connectivity index (χ3n) is 15.6. The number of nitrogens with zero attached hydrogens (tertiary/aromatic N) is 2. The predicted octanol–water partition coefficient (Wildman–Crippen LogP) is 14.8. The molecule has 0 spiro atoms. The maximum Gasteiger partial charge on any atom is 2.00 e. The SMILES string of the molecule is CC(C)(O)c1ccccc1CCC(SCC1(CC(=O)[O-])CC1)c1cccc(C=Cc2ccc3ccc(Cl)cc3n2)c1.CC(C)(O)c1ccccc1CCC(SCC1(CC(=O)[O-])CC1)c1cccc(C=Cc2ccc3ccc(Cl)cc3n2)c1.[Mg+2]. The van der Waals surface area contributed by atoms with Gasteiger partial charge in [0.05, 0.1) is 33.6 Å². The molecule has 13 heteroatoms. The summed E-state index contributed by atoms with van der Waals surface area (Å²) in [6.07, 6.45) is 15.6. The van der Waals surface area contributed by atoms with Crippen molar-refractivity contribution in [3.05, 3.63) is 224 Å². The fraction of sp³-hybridized carbons (Fsp3) is 0.314. The Morgan fingerprint density at radius 1 is 0.542 bits per heavy atom. The Bertz CT molecular complexity index is 3390. The van der Waals surface area contributed by atoms with Crippen LogP contribution < -0.4 is 10.2 Å². The van der Waals surface area contributed by atoms with E-state index in [0.29, 0.717) is 10.0 Å². The first-order chi connectivity index (χ1) is 39.2. The van der Waals surface area contributed by atoms with Crippen molar-refractivity contribution in [2.75, 3.05) is 11.5 Å². The second kappa shape index (κ2) is 28.2. The van der Waals surface area contributed by atoms with E-state index in [9.17, 15) is 30.0 Å². The summed E-state index contributed by atoms with van der Waals surface area (Å²) >= 11 is 16.0. The summed E-state index contributed by atoms with van der Waals surface area (Å²) in [5, 5.41) is 48.0. The van der Waals surface area contributed by atoms with Gasteiger partial charge in [-0.25, -0.2) is 9.97 Å². The number of hydrogen-bond donors (Lipinski definition) is 2. The molecular formula is C70H70Cl2MgN2O6S2. The number of carboxylic acids is 2. The summed E-state index contributed by atoms with van der Waals surface area (Å²) in [4.78, 5) is 32.2. The number of aromatic nitrogens is 2. The number of fused-ring (bicyclic) bond motifs is 2. The van der Waals surface area contributed by atoms with Crippen molar-refractivity contribution in [2.45, 2.75) is 114 Å². The number of thioether (sulfide) groups is 2. The largest absolute Gasteiger partial charge is 2.00 e. The average molecular weight is 1190 g/mol. The number of carboxylic acid groups (broad SMARTS) is 2. The van der Waals surface area contributed by atoms with Crippen LogP contribution in [0.5, 0.6) is 0 Å². The Hall–Kier alpha value is -5.47.